The Morgan fingerprint density at radius 2 is 2.11 bits per heavy atom. The van der Waals surface area contributed by atoms with Crippen molar-refractivity contribution in [1.82, 2.24) is 9.62 Å². The van der Waals surface area contributed by atoms with E-state index in [4.69, 9.17) is 0 Å². The van der Waals surface area contributed by atoms with Crippen LogP contribution in [-0.2, 0) is 16.6 Å². The number of nitrogens with one attached hydrogen (secondary N) is 1. The third kappa shape index (κ3) is 3.56. The Hall–Kier alpha value is -0.430. The zero-order chi connectivity index (χ0) is 13.9. The molecule has 0 aliphatic carbocycles. The van der Waals surface area contributed by atoms with Crippen molar-refractivity contribution in [1.29, 1.82) is 0 Å². The molecule has 2 rings (SSSR count). The second kappa shape index (κ2) is 6.35. The minimum atomic E-state index is -3.27. The Morgan fingerprint density at radius 3 is 2.74 bits per heavy atom. The average Bonchev–Trinajstić information content (AvgIpc) is 2.86. The SMILES string of the molecule is CCNCc1csc(S(=O)(=O)N2CCC(C)CC2)c1. The van der Waals surface area contributed by atoms with Crippen molar-refractivity contribution >= 4 is 21.4 Å². The molecule has 0 amide bonds. The number of sulfonamides is 1. The smallest absolute Gasteiger partial charge is 0.252 e. The summed E-state index contributed by atoms with van der Waals surface area (Å²) in [6.45, 7) is 7.16. The van der Waals surface area contributed by atoms with E-state index in [1.165, 1.54) is 11.3 Å². The molecule has 19 heavy (non-hydrogen) atoms. The normalized spacial score (nSPS) is 18.8. The second-order valence-electron chi connectivity index (χ2n) is 5.14. The summed E-state index contributed by atoms with van der Waals surface area (Å²) >= 11 is 1.33. The van der Waals surface area contributed by atoms with Crippen molar-refractivity contribution in [3.05, 3.63) is 17.0 Å². The first-order valence-electron chi connectivity index (χ1n) is 6.82. The molecule has 0 atom stereocenters. The molecule has 0 bridgehead atoms. The minimum Gasteiger partial charge on any atom is -0.313 e. The van der Waals surface area contributed by atoms with Gasteiger partial charge in [-0.15, -0.1) is 11.3 Å². The Bertz CT molecular complexity index is 502. The molecule has 2 heterocycles. The van der Waals surface area contributed by atoms with Crippen LogP contribution in [-0.4, -0.2) is 32.4 Å². The minimum absolute atomic E-state index is 0.481. The lowest BCUT2D eigenvalue weighted by Crippen LogP contribution is -2.37. The summed E-state index contributed by atoms with van der Waals surface area (Å²) in [6, 6.07) is 1.81. The van der Waals surface area contributed by atoms with Crippen LogP contribution in [0.3, 0.4) is 0 Å². The fourth-order valence-corrected chi connectivity index (χ4v) is 5.03. The van der Waals surface area contributed by atoms with Gasteiger partial charge >= 0.3 is 0 Å². The highest BCUT2D eigenvalue weighted by atomic mass is 32.2. The summed E-state index contributed by atoms with van der Waals surface area (Å²) in [6.07, 6.45) is 1.93. The van der Waals surface area contributed by atoms with Crippen LogP contribution in [0.1, 0.15) is 32.3 Å². The van der Waals surface area contributed by atoms with Crippen molar-refractivity contribution in [3.63, 3.8) is 0 Å². The van der Waals surface area contributed by atoms with Gasteiger partial charge in [-0.2, -0.15) is 4.31 Å². The topological polar surface area (TPSA) is 49.4 Å². The van der Waals surface area contributed by atoms with Gasteiger partial charge in [-0.05, 0) is 42.3 Å². The summed E-state index contributed by atoms with van der Waals surface area (Å²) in [4.78, 5) is 0. The van der Waals surface area contributed by atoms with E-state index in [0.717, 1.165) is 31.5 Å². The lowest BCUT2D eigenvalue weighted by atomic mass is 10.0. The summed E-state index contributed by atoms with van der Waals surface area (Å²) < 4.78 is 27.1. The molecule has 1 aliphatic rings. The van der Waals surface area contributed by atoms with Gasteiger partial charge in [-0.3, -0.25) is 0 Å². The van der Waals surface area contributed by atoms with Gasteiger partial charge in [-0.1, -0.05) is 13.8 Å². The molecule has 6 heteroatoms. The van der Waals surface area contributed by atoms with Crippen molar-refractivity contribution < 1.29 is 8.42 Å². The highest BCUT2D eigenvalue weighted by Crippen LogP contribution is 2.27. The zero-order valence-electron chi connectivity index (χ0n) is 11.6. The van der Waals surface area contributed by atoms with E-state index in [2.05, 4.69) is 12.2 Å². The molecule has 1 aliphatic heterocycles. The monoisotopic (exact) mass is 302 g/mol. The number of piperidine rings is 1. The van der Waals surface area contributed by atoms with Crippen LogP contribution in [0.5, 0.6) is 0 Å². The van der Waals surface area contributed by atoms with Crippen LogP contribution < -0.4 is 5.32 Å². The van der Waals surface area contributed by atoms with Crippen molar-refractivity contribution in [3.8, 4) is 0 Å². The summed E-state index contributed by atoms with van der Waals surface area (Å²) in [7, 11) is -3.27. The highest BCUT2D eigenvalue weighted by molar-refractivity contribution is 7.91. The molecular weight excluding hydrogens is 280 g/mol. The molecule has 1 saturated heterocycles. The number of thiophene rings is 1. The Kier molecular flexibility index (Phi) is 5.00. The van der Waals surface area contributed by atoms with Crippen molar-refractivity contribution in [2.75, 3.05) is 19.6 Å². The maximum Gasteiger partial charge on any atom is 0.252 e. The zero-order valence-corrected chi connectivity index (χ0v) is 13.2. The molecule has 1 aromatic rings. The van der Waals surface area contributed by atoms with Crippen molar-refractivity contribution in [2.45, 2.75) is 37.4 Å². The van der Waals surface area contributed by atoms with Crippen LogP contribution in [0.2, 0.25) is 0 Å². The predicted molar refractivity (Wildman–Crippen MR) is 78.9 cm³/mol. The third-order valence-electron chi connectivity index (χ3n) is 3.55. The molecule has 0 aromatic carbocycles. The quantitative estimate of drug-likeness (QED) is 0.908. The first-order valence-corrected chi connectivity index (χ1v) is 9.14. The van der Waals surface area contributed by atoms with Gasteiger partial charge in [0.25, 0.3) is 10.0 Å². The number of rotatable bonds is 5. The highest BCUT2D eigenvalue weighted by Gasteiger charge is 2.29. The summed E-state index contributed by atoms with van der Waals surface area (Å²) in [5.41, 5.74) is 1.05. The van der Waals surface area contributed by atoms with Gasteiger partial charge in [0.2, 0.25) is 0 Å². The van der Waals surface area contributed by atoms with Crippen LogP contribution in [0.15, 0.2) is 15.7 Å². The van der Waals surface area contributed by atoms with Crippen LogP contribution in [0, 0.1) is 5.92 Å². The Balaban J connectivity index is 2.08. The van der Waals surface area contributed by atoms with E-state index in [9.17, 15) is 8.42 Å². The molecule has 4 nitrogen and oxygen atoms in total. The largest absolute Gasteiger partial charge is 0.313 e. The fourth-order valence-electron chi connectivity index (χ4n) is 2.20. The molecule has 0 unspecified atom stereocenters. The average molecular weight is 302 g/mol. The van der Waals surface area contributed by atoms with Gasteiger partial charge in [0, 0.05) is 19.6 Å². The van der Waals surface area contributed by atoms with E-state index < -0.39 is 10.0 Å². The molecule has 0 radical (unpaired) electrons. The van der Waals surface area contributed by atoms with Gasteiger partial charge in [0.15, 0.2) is 0 Å². The first kappa shape index (κ1) is 15.0. The summed E-state index contributed by atoms with van der Waals surface area (Å²) in [5.74, 6) is 0.638. The van der Waals surface area contributed by atoms with E-state index >= 15 is 0 Å². The molecule has 1 fully saturated rings. The van der Waals surface area contributed by atoms with Crippen LogP contribution in [0.4, 0.5) is 0 Å². The first-order chi connectivity index (χ1) is 9.04. The standard InChI is InChI=1S/C13H22N2O2S2/c1-3-14-9-12-8-13(18-10-12)19(16,17)15-6-4-11(2)5-7-15/h8,10-11,14H,3-7,9H2,1-2H3. The number of hydrogen-bond acceptors (Lipinski definition) is 4. The van der Waals surface area contributed by atoms with E-state index in [0.29, 0.717) is 23.2 Å². The second-order valence-corrected chi connectivity index (χ2v) is 8.22. The summed E-state index contributed by atoms with van der Waals surface area (Å²) in [5, 5.41) is 5.15. The van der Waals surface area contributed by atoms with Gasteiger partial charge in [0.1, 0.15) is 4.21 Å². The van der Waals surface area contributed by atoms with E-state index in [1.807, 2.05) is 12.3 Å². The number of nitrogens with zero attached hydrogens (tertiary/aromatic N) is 1. The Labute approximate surface area is 119 Å². The lowest BCUT2D eigenvalue weighted by molar-refractivity contribution is 0.288. The number of hydrogen-bond donors (Lipinski definition) is 1. The van der Waals surface area contributed by atoms with E-state index in [-0.39, 0.29) is 0 Å². The maximum absolute atomic E-state index is 12.5. The Morgan fingerprint density at radius 1 is 1.42 bits per heavy atom. The molecular formula is C13H22N2O2S2. The third-order valence-corrected chi connectivity index (χ3v) is 6.91. The van der Waals surface area contributed by atoms with Crippen LogP contribution in [0.25, 0.3) is 0 Å². The van der Waals surface area contributed by atoms with Crippen LogP contribution >= 0.6 is 11.3 Å². The lowest BCUT2D eigenvalue weighted by Gasteiger charge is -2.28. The van der Waals surface area contributed by atoms with Gasteiger partial charge in [-0.25, -0.2) is 8.42 Å². The van der Waals surface area contributed by atoms with Crippen molar-refractivity contribution in [2.24, 2.45) is 5.92 Å². The van der Waals surface area contributed by atoms with Gasteiger partial charge in [0.05, 0.1) is 0 Å². The van der Waals surface area contributed by atoms with E-state index in [1.54, 1.807) is 10.4 Å². The molecule has 1 aromatic heterocycles. The predicted octanol–water partition coefficient (Wildman–Crippen LogP) is 2.28. The molecule has 108 valence electrons. The molecule has 1 N–H and O–H groups in total. The molecule has 0 spiro atoms. The molecule has 0 saturated carbocycles. The maximum atomic E-state index is 12.5. The fraction of sp³-hybridized carbons (Fsp3) is 0.692. The van der Waals surface area contributed by atoms with Gasteiger partial charge < -0.3 is 5.32 Å².